The molecule has 23 heavy (non-hydrogen) atoms. The largest absolute Gasteiger partial charge is 0.492 e. The van der Waals surface area contributed by atoms with E-state index in [1.165, 1.54) is 17.7 Å². The summed E-state index contributed by atoms with van der Waals surface area (Å²) in [5.41, 5.74) is 1.32. The van der Waals surface area contributed by atoms with Crippen molar-refractivity contribution in [2.24, 2.45) is 5.92 Å². The monoisotopic (exact) mass is 316 g/mol. The second kappa shape index (κ2) is 6.64. The molecule has 0 unspecified atom stereocenters. The average molecular weight is 316 g/mol. The first-order valence-corrected chi connectivity index (χ1v) is 7.74. The normalized spacial score (nSPS) is 15.6. The molecule has 1 amide bonds. The van der Waals surface area contributed by atoms with E-state index >= 15 is 0 Å². The van der Waals surface area contributed by atoms with Crippen molar-refractivity contribution in [1.82, 2.24) is 9.63 Å². The van der Waals surface area contributed by atoms with Gasteiger partial charge in [0.05, 0.1) is 0 Å². The molecule has 6 heteroatoms. The summed E-state index contributed by atoms with van der Waals surface area (Å²) in [6, 6.07) is 12.9. The maximum Gasteiger partial charge on any atom is 0.434 e. The Morgan fingerprint density at radius 2 is 1.65 bits per heavy atom. The molecule has 1 aromatic carbocycles. The van der Waals surface area contributed by atoms with E-state index < -0.39 is 6.09 Å². The van der Waals surface area contributed by atoms with E-state index in [0.717, 1.165) is 24.0 Å². The number of piperidine rings is 1. The van der Waals surface area contributed by atoms with Gasteiger partial charge in [0.25, 0.3) is 0 Å². The van der Waals surface area contributed by atoms with Gasteiger partial charge >= 0.3 is 6.09 Å². The van der Waals surface area contributed by atoms with E-state index in [9.17, 15) is 15.0 Å². The Kier molecular flexibility index (Phi) is 4.41. The molecule has 1 aliphatic rings. The average Bonchev–Trinajstić information content (AvgIpc) is 2.88. The highest BCUT2D eigenvalue weighted by Crippen LogP contribution is 2.23. The molecular weight excluding hydrogens is 296 g/mol. The first-order chi connectivity index (χ1) is 11.1. The molecule has 2 heterocycles. The van der Waals surface area contributed by atoms with Gasteiger partial charge in [-0.2, -0.15) is 0 Å². The van der Waals surface area contributed by atoms with Crippen LogP contribution in [-0.4, -0.2) is 39.0 Å². The van der Waals surface area contributed by atoms with Gasteiger partial charge in [-0.3, -0.25) is 0 Å². The molecule has 0 saturated carbocycles. The van der Waals surface area contributed by atoms with E-state index in [1.54, 1.807) is 4.90 Å². The molecule has 6 nitrogen and oxygen atoms in total. The molecule has 2 aromatic rings. The number of aromatic hydroxyl groups is 2. The molecule has 122 valence electrons. The number of carbonyl (C=O) groups is 1. The van der Waals surface area contributed by atoms with Gasteiger partial charge in [0.15, 0.2) is 0 Å². The van der Waals surface area contributed by atoms with Crippen LogP contribution >= 0.6 is 0 Å². The molecule has 1 saturated heterocycles. The Hall–Kier alpha value is -2.63. The number of likely N-dealkylation sites (tertiary alicyclic amines) is 1. The lowest BCUT2D eigenvalue weighted by Gasteiger charge is -2.31. The second-order valence-corrected chi connectivity index (χ2v) is 5.82. The van der Waals surface area contributed by atoms with Crippen molar-refractivity contribution in [3.05, 3.63) is 48.0 Å². The fraction of sp³-hybridized carbons (Fsp3) is 0.353. The van der Waals surface area contributed by atoms with Crippen LogP contribution in [0.2, 0.25) is 0 Å². The van der Waals surface area contributed by atoms with Gasteiger partial charge in [-0.05, 0) is 30.7 Å². The van der Waals surface area contributed by atoms with Crippen molar-refractivity contribution in [2.45, 2.75) is 19.3 Å². The van der Waals surface area contributed by atoms with Crippen LogP contribution in [0.15, 0.2) is 42.5 Å². The summed E-state index contributed by atoms with van der Waals surface area (Å²) in [6.07, 6.45) is 2.27. The fourth-order valence-corrected chi connectivity index (χ4v) is 2.90. The third kappa shape index (κ3) is 3.59. The lowest BCUT2D eigenvalue weighted by Crippen LogP contribution is -2.42. The Labute approximate surface area is 134 Å². The van der Waals surface area contributed by atoms with Crippen molar-refractivity contribution in [2.75, 3.05) is 13.1 Å². The zero-order valence-corrected chi connectivity index (χ0v) is 12.8. The van der Waals surface area contributed by atoms with E-state index in [2.05, 4.69) is 12.1 Å². The summed E-state index contributed by atoms with van der Waals surface area (Å²) in [7, 11) is 0. The van der Waals surface area contributed by atoms with E-state index in [-0.39, 0.29) is 11.8 Å². The van der Waals surface area contributed by atoms with Gasteiger partial charge < -0.3 is 20.0 Å². The summed E-state index contributed by atoms with van der Waals surface area (Å²) < 4.78 is 0.721. The highest BCUT2D eigenvalue weighted by atomic mass is 16.7. The molecule has 2 N–H and O–H groups in total. The molecular formula is C17H20N2O4. The number of hydrogen-bond donors (Lipinski definition) is 2. The number of aromatic nitrogens is 1. The molecule has 0 aliphatic carbocycles. The van der Waals surface area contributed by atoms with Crippen molar-refractivity contribution in [3.8, 4) is 11.8 Å². The predicted molar refractivity (Wildman–Crippen MR) is 84.2 cm³/mol. The van der Waals surface area contributed by atoms with Crippen LogP contribution in [0.1, 0.15) is 18.4 Å². The topological polar surface area (TPSA) is 74.9 Å². The molecule has 3 rings (SSSR count). The third-order valence-electron chi connectivity index (χ3n) is 4.21. The van der Waals surface area contributed by atoms with E-state index in [1.807, 2.05) is 18.2 Å². The van der Waals surface area contributed by atoms with Crippen molar-refractivity contribution < 1.29 is 19.8 Å². The Morgan fingerprint density at radius 3 is 2.26 bits per heavy atom. The van der Waals surface area contributed by atoms with Gasteiger partial charge in [0, 0.05) is 25.2 Å². The fourth-order valence-electron chi connectivity index (χ4n) is 2.90. The lowest BCUT2D eigenvalue weighted by molar-refractivity contribution is 0.0642. The maximum atomic E-state index is 12.1. The highest BCUT2D eigenvalue weighted by molar-refractivity contribution is 5.68. The second-order valence-electron chi connectivity index (χ2n) is 5.82. The van der Waals surface area contributed by atoms with E-state index in [4.69, 9.17) is 4.84 Å². The summed E-state index contributed by atoms with van der Waals surface area (Å²) >= 11 is 0. The lowest BCUT2D eigenvalue weighted by atomic mass is 9.90. The smallest absolute Gasteiger partial charge is 0.434 e. The number of nitrogens with zero attached hydrogens (tertiary/aromatic N) is 2. The van der Waals surface area contributed by atoms with E-state index in [0.29, 0.717) is 19.0 Å². The Balaban J connectivity index is 1.51. The molecule has 0 atom stereocenters. The van der Waals surface area contributed by atoms with Gasteiger partial charge in [0.2, 0.25) is 11.8 Å². The van der Waals surface area contributed by atoms with Gasteiger partial charge in [-0.25, -0.2) is 4.79 Å². The summed E-state index contributed by atoms with van der Waals surface area (Å²) in [4.78, 5) is 18.7. The van der Waals surface area contributed by atoms with Crippen LogP contribution in [0.5, 0.6) is 11.8 Å². The first-order valence-electron chi connectivity index (χ1n) is 7.74. The van der Waals surface area contributed by atoms with Gasteiger partial charge in [-0.15, -0.1) is 4.73 Å². The minimum Gasteiger partial charge on any atom is -0.492 e. The summed E-state index contributed by atoms with van der Waals surface area (Å²) in [5, 5.41) is 19.0. The van der Waals surface area contributed by atoms with Crippen molar-refractivity contribution in [1.29, 1.82) is 0 Å². The molecule has 1 aliphatic heterocycles. The summed E-state index contributed by atoms with van der Waals surface area (Å²) in [6.45, 7) is 1.22. The highest BCUT2D eigenvalue weighted by Gasteiger charge is 2.25. The quantitative estimate of drug-likeness (QED) is 0.912. The number of amides is 1. The SMILES string of the molecule is O=C(On1c(O)ccc1O)N1CCC(Cc2ccccc2)CC1. The zero-order valence-electron chi connectivity index (χ0n) is 12.8. The number of benzene rings is 1. The Bertz CT molecular complexity index is 641. The van der Waals surface area contributed by atoms with Crippen LogP contribution in [0.4, 0.5) is 4.79 Å². The minimum atomic E-state index is -0.565. The minimum absolute atomic E-state index is 0.310. The Morgan fingerprint density at radius 1 is 1.04 bits per heavy atom. The van der Waals surface area contributed by atoms with Crippen LogP contribution in [0, 0.1) is 5.92 Å². The first kappa shape index (κ1) is 15.3. The third-order valence-corrected chi connectivity index (χ3v) is 4.21. The van der Waals surface area contributed by atoms with Crippen molar-refractivity contribution >= 4 is 6.09 Å². The zero-order chi connectivity index (χ0) is 16.2. The van der Waals surface area contributed by atoms with Crippen LogP contribution in [0.3, 0.4) is 0 Å². The number of hydrogen-bond acceptors (Lipinski definition) is 4. The van der Waals surface area contributed by atoms with Gasteiger partial charge in [-0.1, -0.05) is 30.3 Å². The molecule has 1 fully saturated rings. The molecule has 0 bridgehead atoms. The van der Waals surface area contributed by atoms with Crippen LogP contribution in [-0.2, 0) is 6.42 Å². The standard InChI is InChI=1S/C17H20N2O4/c20-15-6-7-16(21)19(15)23-17(22)18-10-8-14(9-11-18)12-13-4-2-1-3-5-13/h1-7,14,20-21H,8-12H2. The predicted octanol–water partition coefficient (Wildman–Crippen LogP) is 2.40. The molecule has 0 spiro atoms. The van der Waals surface area contributed by atoms with Crippen molar-refractivity contribution in [3.63, 3.8) is 0 Å². The maximum absolute atomic E-state index is 12.1. The molecule has 0 radical (unpaired) electrons. The number of carbonyl (C=O) groups excluding carboxylic acids is 1. The van der Waals surface area contributed by atoms with Gasteiger partial charge in [0.1, 0.15) is 0 Å². The van der Waals surface area contributed by atoms with Crippen LogP contribution < -0.4 is 4.84 Å². The number of rotatable bonds is 3. The van der Waals surface area contributed by atoms with Crippen LogP contribution in [0.25, 0.3) is 0 Å². The molecule has 1 aromatic heterocycles. The summed E-state index contributed by atoms with van der Waals surface area (Å²) in [5.74, 6) is -0.0699.